The number of thioether (sulfide) groups is 1. The minimum atomic E-state index is 0.518. The predicted octanol–water partition coefficient (Wildman–Crippen LogP) is 3.82. The Hall–Kier alpha value is -0.770. The zero-order valence-corrected chi connectivity index (χ0v) is 12.2. The van der Waals surface area contributed by atoms with E-state index in [4.69, 9.17) is 9.97 Å². The molecule has 1 aliphatic heterocycles. The van der Waals surface area contributed by atoms with Crippen molar-refractivity contribution in [2.75, 3.05) is 17.6 Å². The van der Waals surface area contributed by atoms with Gasteiger partial charge in [-0.2, -0.15) is 11.8 Å². The van der Waals surface area contributed by atoms with E-state index in [9.17, 15) is 0 Å². The number of aryl methyl sites for hydroxylation is 1. The fraction of sp³-hybridized carbons (Fsp3) is 0.714. The number of anilines is 1. The van der Waals surface area contributed by atoms with Gasteiger partial charge in [0.1, 0.15) is 11.6 Å². The van der Waals surface area contributed by atoms with E-state index in [1.165, 1.54) is 24.3 Å². The molecule has 3 nitrogen and oxygen atoms in total. The molecular formula is C14H23N3S. The molecule has 0 aromatic carbocycles. The van der Waals surface area contributed by atoms with Crippen LogP contribution in [0.5, 0.6) is 0 Å². The Balaban J connectivity index is 2.17. The van der Waals surface area contributed by atoms with Crippen molar-refractivity contribution in [2.24, 2.45) is 0 Å². The molecule has 1 unspecified atom stereocenters. The first-order chi connectivity index (χ1) is 8.83. The van der Waals surface area contributed by atoms with Crippen molar-refractivity contribution in [3.8, 4) is 0 Å². The summed E-state index contributed by atoms with van der Waals surface area (Å²) in [5.41, 5.74) is 1.19. The molecule has 0 aliphatic carbocycles. The van der Waals surface area contributed by atoms with E-state index < -0.39 is 0 Å². The summed E-state index contributed by atoms with van der Waals surface area (Å²) in [4.78, 5) is 9.43. The third-order valence-electron chi connectivity index (χ3n) is 3.08. The van der Waals surface area contributed by atoms with Gasteiger partial charge < -0.3 is 5.32 Å². The van der Waals surface area contributed by atoms with Crippen LogP contribution >= 0.6 is 11.8 Å². The molecule has 1 atom stereocenters. The van der Waals surface area contributed by atoms with Crippen molar-refractivity contribution in [3.05, 3.63) is 17.6 Å². The van der Waals surface area contributed by atoms with Crippen molar-refractivity contribution in [1.29, 1.82) is 0 Å². The van der Waals surface area contributed by atoms with Crippen LogP contribution in [0.1, 0.15) is 56.3 Å². The quantitative estimate of drug-likeness (QED) is 0.848. The monoisotopic (exact) mass is 265 g/mol. The van der Waals surface area contributed by atoms with Crippen LogP contribution in [0.3, 0.4) is 0 Å². The summed E-state index contributed by atoms with van der Waals surface area (Å²) in [5, 5.41) is 3.91. The Morgan fingerprint density at radius 3 is 2.89 bits per heavy atom. The second-order valence-corrected chi connectivity index (χ2v) is 6.09. The summed E-state index contributed by atoms with van der Waals surface area (Å²) in [5.74, 6) is 3.31. The van der Waals surface area contributed by atoms with Crippen molar-refractivity contribution >= 4 is 17.6 Å². The summed E-state index contributed by atoms with van der Waals surface area (Å²) in [6.45, 7) is 5.36. The summed E-state index contributed by atoms with van der Waals surface area (Å²) in [6, 6.07) is 2.11. The van der Waals surface area contributed by atoms with Gasteiger partial charge in [-0.05, 0) is 31.4 Å². The molecule has 0 saturated carbocycles. The highest BCUT2D eigenvalue weighted by atomic mass is 32.2. The molecule has 100 valence electrons. The summed E-state index contributed by atoms with van der Waals surface area (Å²) >= 11 is 2.00. The van der Waals surface area contributed by atoms with Crippen LogP contribution in [0.25, 0.3) is 0 Å². The normalized spacial score (nSPS) is 19.1. The van der Waals surface area contributed by atoms with Crippen LogP contribution in [0.2, 0.25) is 0 Å². The SMILES string of the molecule is CCCNc1cc(CCC)nc(C2CCCS2)n1. The van der Waals surface area contributed by atoms with Crippen LogP contribution in [0, 0.1) is 0 Å². The lowest BCUT2D eigenvalue weighted by Gasteiger charge is -2.12. The zero-order chi connectivity index (χ0) is 12.8. The largest absolute Gasteiger partial charge is 0.370 e. The molecule has 1 fully saturated rings. The van der Waals surface area contributed by atoms with Crippen LogP contribution in [-0.4, -0.2) is 22.3 Å². The van der Waals surface area contributed by atoms with Crippen LogP contribution in [0.15, 0.2) is 6.07 Å². The molecule has 0 amide bonds. The number of nitrogens with zero attached hydrogens (tertiary/aromatic N) is 2. The van der Waals surface area contributed by atoms with E-state index in [-0.39, 0.29) is 0 Å². The van der Waals surface area contributed by atoms with Gasteiger partial charge in [-0.25, -0.2) is 9.97 Å². The molecule has 0 radical (unpaired) electrons. The third kappa shape index (κ3) is 3.61. The minimum Gasteiger partial charge on any atom is -0.370 e. The Kier molecular flexibility index (Phi) is 5.29. The molecule has 2 rings (SSSR count). The molecule has 0 bridgehead atoms. The third-order valence-corrected chi connectivity index (χ3v) is 4.45. The smallest absolute Gasteiger partial charge is 0.143 e. The van der Waals surface area contributed by atoms with Gasteiger partial charge in [-0.1, -0.05) is 20.3 Å². The lowest BCUT2D eigenvalue weighted by molar-refractivity contribution is 0.756. The van der Waals surface area contributed by atoms with Gasteiger partial charge in [-0.15, -0.1) is 0 Å². The first kappa shape index (κ1) is 13.7. The average Bonchev–Trinajstić information content (AvgIpc) is 2.90. The molecule has 0 spiro atoms. The van der Waals surface area contributed by atoms with Gasteiger partial charge in [0.15, 0.2) is 0 Å². The molecule has 2 heterocycles. The maximum atomic E-state index is 4.74. The van der Waals surface area contributed by atoms with Gasteiger partial charge in [0.2, 0.25) is 0 Å². The van der Waals surface area contributed by atoms with E-state index in [2.05, 4.69) is 25.2 Å². The van der Waals surface area contributed by atoms with Crippen molar-refractivity contribution in [2.45, 2.75) is 51.2 Å². The maximum Gasteiger partial charge on any atom is 0.143 e. The molecular weight excluding hydrogens is 242 g/mol. The first-order valence-corrected chi connectivity index (χ1v) is 8.11. The van der Waals surface area contributed by atoms with Gasteiger partial charge in [0, 0.05) is 18.3 Å². The van der Waals surface area contributed by atoms with Gasteiger partial charge in [0.25, 0.3) is 0 Å². The summed E-state index contributed by atoms with van der Waals surface area (Å²) in [6.07, 6.45) is 5.84. The number of nitrogens with one attached hydrogen (secondary N) is 1. The van der Waals surface area contributed by atoms with Crippen molar-refractivity contribution < 1.29 is 0 Å². The van der Waals surface area contributed by atoms with Crippen LogP contribution in [0.4, 0.5) is 5.82 Å². The standard InChI is InChI=1S/C14H23N3S/c1-3-6-11-10-13(15-8-4-2)17-14(16-11)12-7-5-9-18-12/h10,12H,3-9H2,1-2H3,(H,15,16,17). The summed E-state index contributed by atoms with van der Waals surface area (Å²) in [7, 11) is 0. The van der Waals surface area contributed by atoms with Gasteiger partial charge in [-0.3, -0.25) is 0 Å². The number of aromatic nitrogens is 2. The van der Waals surface area contributed by atoms with Gasteiger partial charge in [0.05, 0.1) is 5.25 Å². The highest BCUT2D eigenvalue weighted by Gasteiger charge is 2.21. The predicted molar refractivity (Wildman–Crippen MR) is 79.2 cm³/mol. The fourth-order valence-electron chi connectivity index (χ4n) is 2.17. The molecule has 1 aromatic rings. The van der Waals surface area contributed by atoms with Crippen LogP contribution < -0.4 is 5.32 Å². The lowest BCUT2D eigenvalue weighted by atomic mass is 10.2. The fourth-order valence-corrected chi connectivity index (χ4v) is 3.38. The van der Waals surface area contributed by atoms with Gasteiger partial charge >= 0.3 is 0 Å². The highest BCUT2D eigenvalue weighted by molar-refractivity contribution is 7.99. The average molecular weight is 265 g/mol. The summed E-state index contributed by atoms with van der Waals surface area (Å²) < 4.78 is 0. The molecule has 1 N–H and O–H groups in total. The van der Waals surface area contributed by atoms with Crippen molar-refractivity contribution in [3.63, 3.8) is 0 Å². The Morgan fingerprint density at radius 1 is 1.33 bits per heavy atom. The molecule has 1 saturated heterocycles. The second kappa shape index (κ2) is 6.98. The lowest BCUT2D eigenvalue weighted by Crippen LogP contribution is -2.08. The van der Waals surface area contributed by atoms with E-state index >= 15 is 0 Å². The Labute approximate surface area is 114 Å². The Morgan fingerprint density at radius 2 is 2.22 bits per heavy atom. The number of rotatable bonds is 6. The van der Waals surface area contributed by atoms with E-state index in [1.54, 1.807) is 0 Å². The Bertz CT molecular complexity index is 375. The van der Waals surface area contributed by atoms with E-state index in [0.29, 0.717) is 5.25 Å². The number of hydrogen-bond donors (Lipinski definition) is 1. The second-order valence-electron chi connectivity index (χ2n) is 4.78. The van der Waals surface area contributed by atoms with E-state index in [1.807, 2.05) is 11.8 Å². The van der Waals surface area contributed by atoms with E-state index in [0.717, 1.165) is 37.4 Å². The molecule has 1 aliphatic rings. The maximum absolute atomic E-state index is 4.74. The molecule has 18 heavy (non-hydrogen) atoms. The first-order valence-electron chi connectivity index (χ1n) is 7.06. The van der Waals surface area contributed by atoms with Crippen molar-refractivity contribution in [1.82, 2.24) is 9.97 Å². The topological polar surface area (TPSA) is 37.8 Å². The number of hydrogen-bond acceptors (Lipinski definition) is 4. The molecule has 1 aromatic heterocycles. The highest BCUT2D eigenvalue weighted by Crippen LogP contribution is 2.38. The molecule has 4 heteroatoms. The zero-order valence-electron chi connectivity index (χ0n) is 11.4. The van der Waals surface area contributed by atoms with Crippen LogP contribution in [-0.2, 0) is 6.42 Å². The minimum absolute atomic E-state index is 0.518.